The molecule has 7 nitrogen and oxygen atoms in total. The van der Waals surface area contributed by atoms with E-state index in [-0.39, 0.29) is 18.0 Å². The van der Waals surface area contributed by atoms with Crippen molar-refractivity contribution in [3.8, 4) is 0 Å². The molecule has 146 valence electrons. The van der Waals surface area contributed by atoms with Crippen molar-refractivity contribution in [2.75, 3.05) is 5.32 Å². The van der Waals surface area contributed by atoms with Crippen molar-refractivity contribution in [3.05, 3.63) is 77.3 Å². The van der Waals surface area contributed by atoms with E-state index >= 15 is 0 Å². The number of anilines is 1. The fourth-order valence-corrected chi connectivity index (χ4v) is 3.79. The van der Waals surface area contributed by atoms with Crippen LogP contribution in [-0.4, -0.2) is 25.8 Å². The molecular formula is C21H20N6OS. The van der Waals surface area contributed by atoms with Crippen molar-refractivity contribution in [2.24, 2.45) is 0 Å². The Labute approximate surface area is 172 Å². The van der Waals surface area contributed by atoms with Crippen molar-refractivity contribution < 1.29 is 4.79 Å². The average molecular weight is 404 g/mol. The zero-order valence-electron chi connectivity index (χ0n) is 16.0. The molecule has 29 heavy (non-hydrogen) atoms. The molecule has 0 saturated carbocycles. The van der Waals surface area contributed by atoms with Crippen LogP contribution in [0.25, 0.3) is 10.2 Å². The van der Waals surface area contributed by atoms with Crippen molar-refractivity contribution in [2.45, 2.75) is 25.9 Å². The standard InChI is InChI=1S/C21H20N6OS/c1-13(15-5-3-8-22-11-15)24-20(28)18-19-17(7-10-29-19)26-21(27-18)25-14(2)16-6-4-9-23-12-16/h3-14H,1-2H3,(H,24,28)(H,25,26,27)/t13-,14?/m1/s1. The van der Waals surface area contributed by atoms with Gasteiger partial charge in [-0.15, -0.1) is 11.3 Å². The number of aromatic nitrogens is 4. The summed E-state index contributed by atoms with van der Waals surface area (Å²) in [7, 11) is 0. The molecule has 1 amide bonds. The first-order chi connectivity index (χ1) is 14.1. The van der Waals surface area contributed by atoms with E-state index in [1.54, 1.807) is 24.8 Å². The predicted molar refractivity (Wildman–Crippen MR) is 114 cm³/mol. The Kier molecular flexibility index (Phi) is 5.44. The molecule has 0 radical (unpaired) electrons. The third-order valence-corrected chi connectivity index (χ3v) is 5.49. The van der Waals surface area contributed by atoms with Crippen LogP contribution in [0.3, 0.4) is 0 Å². The summed E-state index contributed by atoms with van der Waals surface area (Å²) < 4.78 is 0.764. The van der Waals surface area contributed by atoms with Crippen LogP contribution in [0.5, 0.6) is 0 Å². The Hall–Kier alpha value is -3.39. The van der Waals surface area contributed by atoms with E-state index < -0.39 is 0 Å². The molecule has 4 rings (SSSR count). The fraction of sp³-hybridized carbons (Fsp3) is 0.190. The van der Waals surface area contributed by atoms with Gasteiger partial charge in [0.05, 0.1) is 22.3 Å². The number of nitrogens with zero attached hydrogens (tertiary/aromatic N) is 4. The quantitative estimate of drug-likeness (QED) is 0.502. The minimum absolute atomic E-state index is 0.0509. The highest BCUT2D eigenvalue weighted by Crippen LogP contribution is 2.26. The van der Waals surface area contributed by atoms with Crippen LogP contribution in [-0.2, 0) is 0 Å². The highest BCUT2D eigenvalue weighted by molar-refractivity contribution is 7.17. The molecule has 0 spiro atoms. The Balaban J connectivity index is 1.60. The second-order valence-electron chi connectivity index (χ2n) is 6.66. The topological polar surface area (TPSA) is 92.7 Å². The monoisotopic (exact) mass is 404 g/mol. The fourth-order valence-electron chi connectivity index (χ4n) is 2.97. The maximum atomic E-state index is 13.0. The third-order valence-electron chi connectivity index (χ3n) is 4.58. The number of pyridine rings is 2. The van der Waals surface area contributed by atoms with E-state index in [2.05, 4.69) is 30.6 Å². The van der Waals surface area contributed by atoms with Gasteiger partial charge < -0.3 is 10.6 Å². The summed E-state index contributed by atoms with van der Waals surface area (Å²) in [5.41, 5.74) is 3.05. The van der Waals surface area contributed by atoms with Crippen LogP contribution in [0.4, 0.5) is 5.95 Å². The predicted octanol–water partition coefficient (Wildman–Crippen LogP) is 4.15. The molecule has 4 heterocycles. The maximum absolute atomic E-state index is 13.0. The minimum Gasteiger partial charge on any atom is -0.348 e. The van der Waals surface area contributed by atoms with Crippen LogP contribution >= 0.6 is 11.3 Å². The van der Waals surface area contributed by atoms with Gasteiger partial charge in [0.2, 0.25) is 5.95 Å². The SMILES string of the molecule is CC(Nc1nc(C(=O)N[C@H](C)c2cccnc2)c2sccc2n1)c1cccnc1. The highest BCUT2D eigenvalue weighted by Gasteiger charge is 2.19. The Morgan fingerprint density at radius 3 is 2.31 bits per heavy atom. The Morgan fingerprint density at radius 2 is 1.66 bits per heavy atom. The molecule has 4 aromatic heterocycles. The molecule has 0 aliphatic heterocycles. The van der Waals surface area contributed by atoms with Crippen LogP contribution in [0, 0.1) is 0 Å². The minimum atomic E-state index is -0.242. The summed E-state index contributed by atoms with van der Waals surface area (Å²) in [6.07, 6.45) is 6.98. The van der Waals surface area contributed by atoms with Crippen molar-refractivity contribution >= 4 is 33.4 Å². The number of rotatable bonds is 6. The van der Waals surface area contributed by atoms with Crippen molar-refractivity contribution in [1.29, 1.82) is 0 Å². The lowest BCUT2D eigenvalue weighted by Gasteiger charge is -2.16. The maximum Gasteiger partial charge on any atom is 0.272 e. The smallest absolute Gasteiger partial charge is 0.272 e. The number of thiophene rings is 1. The molecule has 0 aliphatic carbocycles. The number of carbonyl (C=O) groups is 1. The summed E-state index contributed by atoms with van der Waals surface area (Å²) in [4.78, 5) is 30.3. The molecule has 2 atom stereocenters. The van der Waals surface area contributed by atoms with E-state index in [4.69, 9.17) is 0 Å². The van der Waals surface area contributed by atoms with E-state index in [1.165, 1.54) is 11.3 Å². The molecule has 4 aromatic rings. The van der Waals surface area contributed by atoms with Gasteiger partial charge in [0.15, 0.2) is 5.69 Å². The lowest BCUT2D eigenvalue weighted by molar-refractivity contribution is 0.0937. The lowest BCUT2D eigenvalue weighted by Crippen LogP contribution is -2.28. The van der Waals surface area contributed by atoms with Gasteiger partial charge in [-0.2, -0.15) is 0 Å². The summed E-state index contributed by atoms with van der Waals surface area (Å²) in [6.45, 7) is 3.92. The van der Waals surface area contributed by atoms with E-state index in [0.717, 1.165) is 21.3 Å². The van der Waals surface area contributed by atoms with Gasteiger partial charge in [-0.1, -0.05) is 12.1 Å². The summed E-state index contributed by atoms with van der Waals surface area (Å²) in [5, 5.41) is 8.19. The first-order valence-electron chi connectivity index (χ1n) is 9.24. The van der Waals surface area contributed by atoms with E-state index in [1.807, 2.05) is 49.6 Å². The highest BCUT2D eigenvalue weighted by atomic mass is 32.1. The lowest BCUT2D eigenvalue weighted by atomic mass is 10.1. The first kappa shape index (κ1) is 18.9. The van der Waals surface area contributed by atoms with E-state index in [9.17, 15) is 4.79 Å². The Bertz CT molecular complexity index is 1120. The molecule has 0 aromatic carbocycles. The van der Waals surface area contributed by atoms with Gasteiger partial charge in [0.1, 0.15) is 0 Å². The molecule has 8 heteroatoms. The first-order valence-corrected chi connectivity index (χ1v) is 10.1. The van der Waals surface area contributed by atoms with Crippen LogP contribution in [0.1, 0.15) is 47.5 Å². The Morgan fingerprint density at radius 1 is 0.966 bits per heavy atom. The summed E-state index contributed by atoms with van der Waals surface area (Å²) in [6, 6.07) is 9.30. The summed E-state index contributed by atoms with van der Waals surface area (Å²) in [5.74, 6) is 0.166. The zero-order valence-corrected chi connectivity index (χ0v) is 16.9. The number of hydrogen-bond acceptors (Lipinski definition) is 7. The number of amides is 1. The third kappa shape index (κ3) is 4.22. The molecule has 2 N–H and O–H groups in total. The van der Waals surface area contributed by atoms with Crippen LogP contribution in [0.2, 0.25) is 0 Å². The van der Waals surface area contributed by atoms with E-state index in [0.29, 0.717) is 11.6 Å². The number of nitrogens with one attached hydrogen (secondary N) is 2. The molecule has 0 fully saturated rings. The van der Waals surface area contributed by atoms with Gasteiger partial charge >= 0.3 is 0 Å². The van der Waals surface area contributed by atoms with Gasteiger partial charge in [-0.05, 0) is 48.6 Å². The van der Waals surface area contributed by atoms with Gasteiger partial charge in [0.25, 0.3) is 5.91 Å². The summed E-state index contributed by atoms with van der Waals surface area (Å²) >= 11 is 1.45. The normalized spacial score (nSPS) is 13.0. The van der Waals surface area contributed by atoms with Gasteiger partial charge in [0, 0.05) is 24.8 Å². The molecule has 0 aliphatic rings. The van der Waals surface area contributed by atoms with Crippen LogP contribution in [0.15, 0.2) is 60.5 Å². The number of carbonyl (C=O) groups excluding carboxylic acids is 1. The molecule has 0 bridgehead atoms. The molecule has 0 saturated heterocycles. The van der Waals surface area contributed by atoms with Crippen LogP contribution < -0.4 is 10.6 Å². The molecular weight excluding hydrogens is 384 g/mol. The molecule has 1 unspecified atom stereocenters. The average Bonchev–Trinajstić information content (AvgIpc) is 3.23. The number of fused-ring (bicyclic) bond motifs is 1. The second kappa shape index (κ2) is 8.32. The van der Waals surface area contributed by atoms with Crippen molar-refractivity contribution in [1.82, 2.24) is 25.3 Å². The van der Waals surface area contributed by atoms with Gasteiger partial charge in [-0.25, -0.2) is 9.97 Å². The zero-order chi connectivity index (χ0) is 20.2. The second-order valence-corrected chi connectivity index (χ2v) is 7.58. The number of hydrogen-bond donors (Lipinski definition) is 2. The largest absolute Gasteiger partial charge is 0.348 e. The van der Waals surface area contributed by atoms with Gasteiger partial charge in [-0.3, -0.25) is 14.8 Å². The van der Waals surface area contributed by atoms with Crippen molar-refractivity contribution in [3.63, 3.8) is 0 Å².